The smallest absolute Gasteiger partial charge is 0.677 e. The van der Waals surface area contributed by atoms with Crippen molar-refractivity contribution in [2.75, 3.05) is 13.1 Å². The van der Waals surface area contributed by atoms with E-state index in [1.165, 1.54) is 0 Å². The average Bonchev–Trinajstić information content (AvgIpc) is 2.86. The third kappa shape index (κ3) is 23.4. The van der Waals surface area contributed by atoms with E-state index in [1.54, 1.807) is 0 Å². The van der Waals surface area contributed by atoms with Crippen molar-refractivity contribution in [1.82, 2.24) is 0 Å². The van der Waals surface area contributed by atoms with Crippen LogP contribution in [0.1, 0.15) is 135 Å². The van der Waals surface area contributed by atoms with Crippen LogP contribution in [0.3, 0.4) is 0 Å². The summed E-state index contributed by atoms with van der Waals surface area (Å²) >= 11 is 0. The van der Waals surface area contributed by atoms with E-state index < -0.39 is 0 Å². The first-order valence-electron chi connectivity index (χ1n) is 13.8. The van der Waals surface area contributed by atoms with Gasteiger partial charge in [-0.15, -0.1) is 11.1 Å². The molecule has 7 heteroatoms. The summed E-state index contributed by atoms with van der Waals surface area (Å²) < 4.78 is 0. The molecule has 2 unspecified atom stereocenters. The Morgan fingerprint density at radius 2 is 0.757 bits per heavy atom. The molecule has 0 amide bonds. The van der Waals surface area contributed by atoms with Gasteiger partial charge in [0.15, 0.2) is 0 Å². The van der Waals surface area contributed by atoms with Crippen LogP contribution in [-0.2, 0) is 29.1 Å². The summed E-state index contributed by atoms with van der Waals surface area (Å²) in [5, 5.41) is 19.4. The second kappa shape index (κ2) is 24.8. The summed E-state index contributed by atoms with van der Waals surface area (Å²) in [4.78, 5) is 15.5. The average molecular weight is 612 g/mol. The summed E-state index contributed by atoms with van der Waals surface area (Å²) in [5.74, 6) is 0. The Kier molecular flexibility index (Phi) is 31.3. The molecule has 0 aromatic carbocycles. The van der Waals surface area contributed by atoms with E-state index in [9.17, 15) is 0 Å². The minimum absolute atomic E-state index is 0. The fraction of sp³-hybridized carbons (Fsp3) is 0.933. The van der Waals surface area contributed by atoms with Gasteiger partial charge < -0.3 is 30.9 Å². The van der Waals surface area contributed by atoms with E-state index >= 15 is 0 Å². The standard InChI is InChI=1S/2C14H30N2.2CHO.Ru/c2*1-8-11-15-12(13(4,5)9-2)16-14(6,7)10-3;2*1-2;/h2*12H,8-11H2,1-7H3;2*1H;/q2*-2;2*-1;+6. The van der Waals surface area contributed by atoms with E-state index in [-0.39, 0.29) is 53.7 Å². The van der Waals surface area contributed by atoms with Gasteiger partial charge in [0.1, 0.15) is 0 Å². The van der Waals surface area contributed by atoms with Crippen molar-refractivity contribution in [2.45, 2.75) is 159 Å². The molecule has 0 heterocycles. The summed E-state index contributed by atoms with van der Waals surface area (Å²) in [6.07, 6.45) is 6.90. The van der Waals surface area contributed by atoms with Crippen molar-refractivity contribution in [3.05, 3.63) is 21.3 Å². The number of hydrogen-bond donors (Lipinski definition) is 0. The Morgan fingerprint density at radius 1 is 0.514 bits per heavy atom. The molecule has 0 aromatic heterocycles. The van der Waals surface area contributed by atoms with Gasteiger partial charge in [-0.1, -0.05) is 146 Å². The van der Waals surface area contributed by atoms with Crippen molar-refractivity contribution < 1.29 is 29.1 Å². The number of nitrogens with zero attached hydrogens (tertiary/aromatic N) is 4. The van der Waals surface area contributed by atoms with Gasteiger partial charge >= 0.3 is 19.5 Å². The summed E-state index contributed by atoms with van der Waals surface area (Å²) in [7, 11) is 0. The fourth-order valence-electron chi connectivity index (χ4n) is 2.64. The second-order valence-electron chi connectivity index (χ2n) is 11.8. The van der Waals surface area contributed by atoms with Crippen LogP contribution in [0.5, 0.6) is 0 Å². The largest absolute Gasteiger partial charge is 6.00 e. The zero-order chi connectivity index (χ0) is 29.6. The predicted octanol–water partition coefficient (Wildman–Crippen LogP) is 9.64. The molecule has 6 nitrogen and oxygen atoms in total. The van der Waals surface area contributed by atoms with Crippen LogP contribution in [0, 0.1) is 10.8 Å². The van der Waals surface area contributed by atoms with Crippen LogP contribution >= 0.6 is 0 Å². The Bertz CT molecular complexity index is 456. The Hall–Kier alpha value is -0.197. The van der Waals surface area contributed by atoms with Gasteiger partial charge in [-0.3, -0.25) is 13.6 Å². The Labute approximate surface area is 246 Å². The number of hydrogen-bond acceptors (Lipinski definition) is 2. The first-order chi connectivity index (χ1) is 16.6. The van der Waals surface area contributed by atoms with E-state index in [2.05, 4.69) is 111 Å². The molecule has 0 rings (SSSR count). The van der Waals surface area contributed by atoms with Crippen LogP contribution in [0.2, 0.25) is 0 Å². The molecule has 0 bridgehead atoms. The van der Waals surface area contributed by atoms with Gasteiger partial charge in [-0.2, -0.15) is 13.1 Å². The molecular weight excluding hydrogens is 549 g/mol. The number of carbonyl (C=O) groups excluding carboxylic acids is 2. The molecule has 0 saturated carbocycles. The molecule has 0 aliphatic rings. The first-order valence-corrected chi connectivity index (χ1v) is 13.8. The van der Waals surface area contributed by atoms with Crippen LogP contribution < -0.4 is 0 Å². The Morgan fingerprint density at radius 3 is 0.919 bits per heavy atom. The zero-order valence-electron chi connectivity index (χ0n) is 26.9. The molecule has 37 heavy (non-hydrogen) atoms. The molecule has 0 aliphatic heterocycles. The molecule has 2 atom stereocenters. The van der Waals surface area contributed by atoms with Gasteiger partial charge in [0, 0.05) is 0 Å². The van der Waals surface area contributed by atoms with Crippen molar-refractivity contribution >= 4 is 13.6 Å². The van der Waals surface area contributed by atoms with Crippen LogP contribution in [0.25, 0.3) is 21.3 Å². The second-order valence-corrected chi connectivity index (χ2v) is 11.8. The predicted molar refractivity (Wildman–Crippen MR) is 162 cm³/mol. The molecule has 0 fully saturated rings. The monoisotopic (exact) mass is 612 g/mol. The summed E-state index contributed by atoms with van der Waals surface area (Å²) in [6.45, 7) is 39.4. The summed E-state index contributed by atoms with van der Waals surface area (Å²) in [6, 6.07) is 0. The maximum absolute atomic E-state index is 7.75. The normalized spacial score (nSPS) is 13.4. The van der Waals surface area contributed by atoms with Gasteiger partial charge in [-0.05, 0) is 0 Å². The van der Waals surface area contributed by atoms with E-state index in [0.29, 0.717) is 0 Å². The number of rotatable bonds is 16. The SMILES string of the molecule is CCC[N-]C([N-]C(C)(C)CC)C(C)(C)CC.CCC[N-]C([N-]C(C)(C)CC)C(C)(C)CC.[CH-]=O.[CH-]=O.[Ru+6]. The molecule has 0 aliphatic carbocycles. The van der Waals surface area contributed by atoms with Crippen molar-refractivity contribution in [3.63, 3.8) is 0 Å². The molecule has 0 N–H and O–H groups in total. The van der Waals surface area contributed by atoms with Gasteiger partial charge in [0.25, 0.3) is 0 Å². The zero-order valence-corrected chi connectivity index (χ0v) is 28.7. The molecule has 0 aromatic rings. The first kappa shape index (κ1) is 46.6. The molecule has 0 saturated heterocycles. The Balaban J connectivity index is -0.000000158. The van der Waals surface area contributed by atoms with Gasteiger partial charge in [-0.25, -0.2) is 12.3 Å². The van der Waals surface area contributed by atoms with Crippen LogP contribution in [0.15, 0.2) is 0 Å². The van der Waals surface area contributed by atoms with Gasteiger partial charge in [0.2, 0.25) is 0 Å². The topological polar surface area (TPSA) is 90.5 Å². The molecule has 222 valence electrons. The third-order valence-corrected chi connectivity index (χ3v) is 6.95. The third-order valence-electron chi connectivity index (χ3n) is 6.95. The van der Waals surface area contributed by atoms with Crippen LogP contribution in [0.4, 0.5) is 0 Å². The maximum Gasteiger partial charge on any atom is 6.00 e. The van der Waals surface area contributed by atoms with E-state index in [1.807, 2.05) is 0 Å². The van der Waals surface area contributed by atoms with Gasteiger partial charge in [0.05, 0.1) is 0 Å². The molecule has 0 spiro atoms. The van der Waals surface area contributed by atoms with E-state index in [0.717, 1.165) is 51.6 Å². The summed E-state index contributed by atoms with van der Waals surface area (Å²) in [5.41, 5.74) is 0.464. The molecular formula is C30H62N4O2Ru. The van der Waals surface area contributed by atoms with Crippen molar-refractivity contribution in [3.8, 4) is 0 Å². The van der Waals surface area contributed by atoms with E-state index in [4.69, 9.17) is 30.9 Å². The molecule has 0 radical (unpaired) electrons. The van der Waals surface area contributed by atoms with Crippen LogP contribution in [-0.4, -0.2) is 50.1 Å². The maximum atomic E-state index is 7.75. The van der Waals surface area contributed by atoms with Crippen molar-refractivity contribution in [2.24, 2.45) is 10.8 Å². The minimum Gasteiger partial charge on any atom is -0.677 e. The minimum atomic E-state index is 0. The quantitative estimate of drug-likeness (QED) is 0.0987. The fourth-order valence-corrected chi connectivity index (χ4v) is 2.64. The van der Waals surface area contributed by atoms with Crippen molar-refractivity contribution in [1.29, 1.82) is 0 Å².